The molecule has 0 N–H and O–H groups in total. The number of ketones is 1. The fraction of sp³-hybridized carbons (Fsp3) is 0.533. The molecule has 0 radical (unpaired) electrons. The third kappa shape index (κ3) is 2.14. The lowest BCUT2D eigenvalue weighted by Gasteiger charge is -2.47. The quantitative estimate of drug-likeness (QED) is 0.743. The van der Waals surface area contributed by atoms with Crippen LogP contribution in [0.4, 0.5) is 0 Å². The van der Waals surface area contributed by atoms with Crippen LogP contribution in [0.25, 0.3) is 0 Å². The van der Waals surface area contributed by atoms with Crippen molar-refractivity contribution in [1.82, 2.24) is 4.90 Å². The monoisotopic (exact) mass is 229 g/mol. The highest BCUT2D eigenvalue weighted by Crippen LogP contribution is 2.39. The molecule has 2 heteroatoms. The maximum atomic E-state index is 11.6. The molecular weight excluding hydrogens is 210 g/mol. The minimum Gasteiger partial charge on any atom is -0.299 e. The summed E-state index contributed by atoms with van der Waals surface area (Å²) >= 11 is 0. The van der Waals surface area contributed by atoms with Crippen LogP contribution >= 0.6 is 0 Å². The van der Waals surface area contributed by atoms with E-state index >= 15 is 0 Å². The van der Waals surface area contributed by atoms with Crippen LogP contribution < -0.4 is 0 Å². The van der Waals surface area contributed by atoms with E-state index in [0.717, 1.165) is 23.9 Å². The summed E-state index contributed by atoms with van der Waals surface area (Å²) in [6, 6.07) is 8.03. The van der Waals surface area contributed by atoms with E-state index in [1.165, 1.54) is 31.5 Å². The summed E-state index contributed by atoms with van der Waals surface area (Å²) in [5.41, 5.74) is 2.09. The van der Waals surface area contributed by atoms with Crippen molar-refractivity contribution in [3.05, 3.63) is 35.4 Å². The van der Waals surface area contributed by atoms with Gasteiger partial charge in [-0.25, -0.2) is 0 Å². The minimum absolute atomic E-state index is 0.183. The van der Waals surface area contributed by atoms with Crippen molar-refractivity contribution in [2.75, 3.05) is 13.1 Å². The first-order chi connectivity index (χ1) is 8.22. The normalized spacial score (nSPS) is 27.6. The molecule has 4 rings (SSSR count). The zero-order valence-electron chi connectivity index (χ0n) is 10.4. The largest absolute Gasteiger partial charge is 0.299 e. The van der Waals surface area contributed by atoms with Gasteiger partial charge in [0.15, 0.2) is 5.78 Å². The van der Waals surface area contributed by atoms with Crippen molar-refractivity contribution in [3.63, 3.8) is 0 Å². The van der Waals surface area contributed by atoms with Crippen LogP contribution in [0.15, 0.2) is 24.3 Å². The lowest BCUT2D eigenvalue weighted by atomic mass is 9.71. The third-order valence-electron chi connectivity index (χ3n) is 4.16. The van der Waals surface area contributed by atoms with Crippen LogP contribution in [0, 0.1) is 11.8 Å². The fourth-order valence-electron chi connectivity index (χ4n) is 3.35. The highest BCUT2D eigenvalue weighted by atomic mass is 16.1. The molecule has 2 heterocycles. The van der Waals surface area contributed by atoms with Crippen LogP contribution in [-0.2, 0) is 6.54 Å². The van der Waals surface area contributed by atoms with Gasteiger partial charge in [-0.2, -0.15) is 0 Å². The molecule has 1 aliphatic carbocycles. The predicted molar refractivity (Wildman–Crippen MR) is 67.9 cm³/mol. The molecule has 0 atom stereocenters. The summed E-state index contributed by atoms with van der Waals surface area (Å²) < 4.78 is 0. The Morgan fingerprint density at radius 2 is 1.88 bits per heavy atom. The molecule has 1 saturated carbocycles. The molecule has 0 amide bonds. The van der Waals surface area contributed by atoms with E-state index in [-0.39, 0.29) is 5.78 Å². The average molecular weight is 229 g/mol. The van der Waals surface area contributed by atoms with E-state index in [2.05, 4.69) is 11.0 Å². The molecule has 2 saturated heterocycles. The number of benzene rings is 1. The van der Waals surface area contributed by atoms with E-state index in [1.54, 1.807) is 6.92 Å². The number of fused-ring (bicyclic) bond motifs is 2. The SMILES string of the molecule is CC(=O)c1ccccc1CN1CC2CC(C2)C1. The number of nitrogens with zero attached hydrogens (tertiary/aromatic N) is 1. The molecule has 0 aromatic heterocycles. The van der Waals surface area contributed by atoms with Gasteiger partial charge in [0.05, 0.1) is 0 Å². The van der Waals surface area contributed by atoms with E-state index in [0.29, 0.717) is 0 Å². The summed E-state index contributed by atoms with van der Waals surface area (Å²) in [6.45, 7) is 5.06. The van der Waals surface area contributed by atoms with E-state index in [1.807, 2.05) is 18.2 Å². The van der Waals surface area contributed by atoms with Gasteiger partial charge >= 0.3 is 0 Å². The summed E-state index contributed by atoms with van der Waals surface area (Å²) in [6.07, 6.45) is 2.87. The van der Waals surface area contributed by atoms with Crippen LogP contribution in [0.2, 0.25) is 0 Å². The first-order valence-electron chi connectivity index (χ1n) is 6.53. The van der Waals surface area contributed by atoms with Gasteiger partial charge in [-0.3, -0.25) is 9.69 Å². The zero-order chi connectivity index (χ0) is 11.8. The molecule has 17 heavy (non-hydrogen) atoms. The first-order valence-corrected chi connectivity index (χ1v) is 6.53. The second-order valence-corrected chi connectivity index (χ2v) is 5.61. The molecular formula is C15H19NO. The van der Waals surface area contributed by atoms with Crippen molar-refractivity contribution >= 4 is 5.78 Å². The van der Waals surface area contributed by atoms with Crippen LogP contribution in [0.3, 0.4) is 0 Å². The highest BCUT2D eigenvalue weighted by Gasteiger charge is 2.36. The molecule has 1 aromatic carbocycles. The van der Waals surface area contributed by atoms with E-state index in [9.17, 15) is 4.79 Å². The topological polar surface area (TPSA) is 20.3 Å². The van der Waals surface area contributed by atoms with Gasteiger partial charge in [0.25, 0.3) is 0 Å². The molecule has 1 aromatic rings. The minimum atomic E-state index is 0.183. The molecule has 2 bridgehead atoms. The van der Waals surface area contributed by atoms with Gasteiger partial charge in [-0.1, -0.05) is 24.3 Å². The van der Waals surface area contributed by atoms with Crippen LogP contribution in [-0.4, -0.2) is 23.8 Å². The number of hydrogen-bond acceptors (Lipinski definition) is 2. The summed E-state index contributed by atoms with van der Waals surface area (Å²) in [4.78, 5) is 14.1. The Bertz CT molecular complexity index is 424. The van der Waals surface area contributed by atoms with Crippen molar-refractivity contribution < 1.29 is 4.79 Å². The number of rotatable bonds is 3. The van der Waals surface area contributed by atoms with Gasteiger partial charge in [-0.15, -0.1) is 0 Å². The molecule has 0 unspecified atom stereocenters. The van der Waals surface area contributed by atoms with Crippen LogP contribution in [0.5, 0.6) is 0 Å². The van der Waals surface area contributed by atoms with Gasteiger partial charge in [-0.05, 0) is 37.2 Å². The highest BCUT2D eigenvalue weighted by molar-refractivity contribution is 5.95. The fourth-order valence-corrected chi connectivity index (χ4v) is 3.35. The first kappa shape index (κ1) is 11.0. The maximum Gasteiger partial charge on any atom is 0.160 e. The van der Waals surface area contributed by atoms with Crippen molar-refractivity contribution in [2.24, 2.45) is 11.8 Å². The molecule has 2 aliphatic heterocycles. The number of carbonyl (C=O) groups excluding carboxylic acids is 1. The Hall–Kier alpha value is -1.15. The van der Waals surface area contributed by atoms with Gasteiger partial charge in [0.2, 0.25) is 0 Å². The Morgan fingerprint density at radius 1 is 1.24 bits per heavy atom. The summed E-state index contributed by atoms with van der Waals surface area (Å²) in [5.74, 6) is 2.04. The van der Waals surface area contributed by atoms with Crippen molar-refractivity contribution in [1.29, 1.82) is 0 Å². The Balaban J connectivity index is 1.74. The second-order valence-electron chi connectivity index (χ2n) is 5.61. The van der Waals surface area contributed by atoms with Crippen molar-refractivity contribution in [3.8, 4) is 0 Å². The zero-order valence-corrected chi connectivity index (χ0v) is 10.4. The second kappa shape index (κ2) is 4.26. The summed E-state index contributed by atoms with van der Waals surface area (Å²) in [5, 5.41) is 0. The average Bonchev–Trinajstić information content (AvgIpc) is 2.28. The maximum absolute atomic E-state index is 11.6. The Kier molecular flexibility index (Phi) is 2.75. The Morgan fingerprint density at radius 3 is 2.53 bits per heavy atom. The smallest absolute Gasteiger partial charge is 0.160 e. The van der Waals surface area contributed by atoms with E-state index < -0.39 is 0 Å². The number of hydrogen-bond donors (Lipinski definition) is 0. The third-order valence-corrected chi connectivity index (χ3v) is 4.16. The van der Waals surface area contributed by atoms with Gasteiger partial charge in [0, 0.05) is 25.2 Å². The van der Waals surface area contributed by atoms with E-state index in [4.69, 9.17) is 0 Å². The molecule has 3 fully saturated rings. The lowest BCUT2D eigenvalue weighted by molar-refractivity contribution is 0.0227. The standard InChI is InChI=1S/C15H19NO/c1-11(17)15-5-3-2-4-14(15)10-16-8-12-6-13(7-12)9-16/h2-5,12-13H,6-10H2,1H3. The number of carbonyl (C=O) groups is 1. The molecule has 90 valence electrons. The Labute approximate surface area is 103 Å². The van der Waals surface area contributed by atoms with Crippen LogP contribution in [0.1, 0.15) is 35.7 Å². The summed E-state index contributed by atoms with van der Waals surface area (Å²) in [7, 11) is 0. The predicted octanol–water partition coefficient (Wildman–Crippen LogP) is 2.73. The van der Waals surface area contributed by atoms with Crippen molar-refractivity contribution in [2.45, 2.75) is 26.3 Å². The number of Topliss-reactive ketones (excluding diaryl/α,β-unsaturated/α-hetero) is 1. The number of piperidine rings is 2. The molecule has 2 nitrogen and oxygen atoms in total. The lowest BCUT2D eigenvalue weighted by Crippen LogP contribution is -2.48. The molecule has 3 aliphatic rings. The van der Waals surface area contributed by atoms with Gasteiger partial charge in [0.1, 0.15) is 0 Å². The van der Waals surface area contributed by atoms with Gasteiger partial charge < -0.3 is 0 Å². The molecule has 0 spiro atoms.